The minimum Gasteiger partial charge on any atom is -0.462 e. The quantitative estimate of drug-likeness (QED) is 0.520. The molecular weight excluding hydrogens is 396 g/mol. The zero-order valence-electron chi connectivity index (χ0n) is 17.1. The highest BCUT2D eigenvalue weighted by Crippen LogP contribution is 2.22. The van der Waals surface area contributed by atoms with Crippen molar-refractivity contribution >= 4 is 33.6 Å². The molecule has 4 aromatic rings. The van der Waals surface area contributed by atoms with Crippen LogP contribution in [0.1, 0.15) is 16.1 Å². The van der Waals surface area contributed by atoms with Crippen molar-refractivity contribution in [3.8, 4) is 0 Å². The topological polar surface area (TPSA) is 107 Å². The zero-order chi connectivity index (χ0) is 21.4. The van der Waals surface area contributed by atoms with Crippen molar-refractivity contribution in [3.05, 3.63) is 64.5 Å². The number of nitrogens with one attached hydrogen (secondary N) is 2. The summed E-state index contributed by atoms with van der Waals surface area (Å²) in [6.07, 6.45) is 5.10. The van der Waals surface area contributed by atoms with Gasteiger partial charge in [0.05, 0.1) is 29.1 Å². The summed E-state index contributed by atoms with van der Waals surface area (Å²) < 4.78 is 5.46. The predicted molar refractivity (Wildman–Crippen MR) is 117 cm³/mol. The van der Waals surface area contributed by atoms with Crippen molar-refractivity contribution in [1.82, 2.24) is 25.2 Å². The minimum absolute atomic E-state index is 0.167. The van der Waals surface area contributed by atoms with Crippen molar-refractivity contribution in [2.45, 2.75) is 6.54 Å². The Morgan fingerprint density at radius 1 is 1.16 bits per heavy atom. The molecular formula is C22H22N6O3. The van der Waals surface area contributed by atoms with E-state index >= 15 is 0 Å². The first-order valence-electron chi connectivity index (χ1n) is 10.2. The van der Waals surface area contributed by atoms with Crippen LogP contribution < -0.4 is 15.8 Å². The molecule has 0 aliphatic carbocycles. The maximum Gasteiger partial charge on any atom is 0.269 e. The second kappa shape index (κ2) is 7.84. The minimum atomic E-state index is -0.186. The Bertz CT molecular complexity index is 1300. The van der Waals surface area contributed by atoms with Crippen molar-refractivity contribution in [2.75, 3.05) is 38.1 Å². The number of hydrogen-bond acceptors (Lipinski definition) is 7. The van der Waals surface area contributed by atoms with E-state index in [0.29, 0.717) is 27.7 Å². The Morgan fingerprint density at radius 2 is 2.00 bits per heavy atom. The summed E-state index contributed by atoms with van der Waals surface area (Å²) in [5.74, 6) is -0.186. The predicted octanol–water partition coefficient (Wildman–Crippen LogP) is 1.75. The smallest absolute Gasteiger partial charge is 0.269 e. The van der Waals surface area contributed by atoms with Gasteiger partial charge in [0.1, 0.15) is 11.2 Å². The van der Waals surface area contributed by atoms with Gasteiger partial charge in [-0.25, -0.2) is 4.98 Å². The van der Waals surface area contributed by atoms with Crippen LogP contribution in [0.3, 0.4) is 0 Å². The number of piperazine rings is 1. The first-order valence-corrected chi connectivity index (χ1v) is 10.2. The van der Waals surface area contributed by atoms with Crippen LogP contribution in [0, 0.1) is 0 Å². The van der Waals surface area contributed by atoms with Crippen LogP contribution in [0.15, 0.2) is 52.1 Å². The van der Waals surface area contributed by atoms with Gasteiger partial charge in [-0.05, 0) is 29.8 Å². The molecule has 0 radical (unpaired) electrons. The van der Waals surface area contributed by atoms with Crippen LogP contribution in [0.2, 0.25) is 0 Å². The lowest BCUT2D eigenvalue weighted by molar-refractivity contribution is 0.0958. The fourth-order valence-corrected chi connectivity index (χ4v) is 3.99. The molecule has 0 saturated carbocycles. The van der Waals surface area contributed by atoms with E-state index in [4.69, 9.17) is 4.42 Å². The molecule has 1 fully saturated rings. The number of H-pyrrole nitrogens is 1. The number of anilines is 1. The van der Waals surface area contributed by atoms with Gasteiger partial charge >= 0.3 is 0 Å². The molecule has 5 rings (SSSR count). The molecule has 0 unspecified atom stereocenters. The molecule has 1 saturated heterocycles. The van der Waals surface area contributed by atoms with Gasteiger partial charge in [0, 0.05) is 46.0 Å². The van der Waals surface area contributed by atoms with Gasteiger partial charge in [0.15, 0.2) is 5.58 Å². The standard InChI is InChI=1S/C22H22N6O3/c1-23-22(30)17-3-2-15(12-24-17)28-7-5-27(6-8-28)13-14-10-18-19(25-11-14)20-16(4-9-31-20)21(29)26-18/h2-4,9-12H,5-8,13H2,1H3,(H,23,30)(H,26,29). The number of aromatic nitrogens is 3. The van der Waals surface area contributed by atoms with Crippen molar-refractivity contribution < 1.29 is 9.21 Å². The van der Waals surface area contributed by atoms with Gasteiger partial charge in [0.2, 0.25) is 0 Å². The average molecular weight is 418 g/mol. The maximum atomic E-state index is 12.2. The van der Waals surface area contributed by atoms with Crippen LogP contribution in [-0.4, -0.2) is 59.0 Å². The third-order valence-corrected chi connectivity index (χ3v) is 5.67. The summed E-state index contributed by atoms with van der Waals surface area (Å²) in [7, 11) is 1.59. The Labute approximate surface area is 177 Å². The van der Waals surface area contributed by atoms with E-state index in [0.717, 1.165) is 44.0 Å². The lowest BCUT2D eigenvalue weighted by Crippen LogP contribution is -2.46. The number of carbonyl (C=O) groups is 1. The maximum absolute atomic E-state index is 12.2. The molecule has 9 nitrogen and oxygen atoms in total. The summed E-state index contributed by atoms with van der Waals surface area (Å²) in [5.41, 5.74) is 4.18. The van der Waals surface area contributed by atoms with E-state index in [9.17, 15) is 9.59 Å². The highest BCUT2D eigenvalue weighted by atomic mass is 16.3. The van der Waals surface area contributed by atoms with Gasteiger partial charge in [-0.3, -0.25) is 19.5 Å². The second-order valence-corrected chi connectivity index (χ2v) is 7.60. The number of furan rings is 1. The molecule has 1 amide bonds. The lowest BCUT2D eigenvalue weighted by Gasteiger charge is -2.36. The fourth-order valence-electron chi connectivity index (χ4n) is 3.99. The number of amides is 1. The number of nitrogens with zero attached hydrogens (tertiary/aromatic N) is 4. The summed E-state index contributed by atoms with van der Waals surface area (Å²) in [6, 6.07) is 7.31. The van der Waals surface area contributed by atoms with E-state index in [-0.39, 0.29) is 11.5 Å². The Morgan fingerprint density at radius 3 is 2.74 bits per heavy atom. The molecule has 0 bridgehead atoms. The number of pyridine rings is 3. The van der Waals surface area contributed by atoms with Gasteiger partial charge < -0.3 is 19.6 Å². The van der Waals surface area contributed by atoms with Crippen molar-refractivity contribution in [2.24, 2.45) is 0 Å². The fraction of sp³-hybridized carbons (Fsp3) is 0.273. The number of carbonyl (C=O) groups excluding carboxylic acids is 1. The molecule has 4 aromatic heterocycles. The van der Waals surface area contributed by atoms with Crippen LogP contribution in [-0.2, 0) is 6.54 Å². The van der Waals surface area contributed by atoms with E-state index in [1.165, 1.54) is 6.26 Å². The van der Waals surface area contributed by atoms with E-state index in [1.54, 1.807) is 25.4 Å². The van der Waals surface area contributed by atoms with Crippen LogP contribution in [0.25, 0.3) is 22.0 Å². The molecule has 0 atom stereocenters. The number of aromatic amines is 1. The number of rotatable bonds is 4. The molecule has 31 heavy (non-hydrogen) atoms. The Balaban J connectivity index is 1.26. The Hall–Kier alpha value is -3.72. The summed E-state index contributed by atoms with van der Waals surface area (Å²) in [6.45, 7) is 4.27. The number of fused-ring (bicyclic) bond motifs is 3. The SMILES string of the molecule is CNC(=O)c1ccc(N2CCN(Cc3cnc4c(c3)[nH]c(=O)c3ccoc34)CC2)cn1. The molecule has 0 aromatic carbocycles. The molecule has 0 spiro atoms. The molecule has 158 valence electrons. The average Bonchev–Trinajstić information content (AvgIpc) is 3.30. The van der Waals surface area contributed by atoms with E-state index < -0.39 is 0 Å². The molecule has 1 aliphatic heterocycles. The third kappa shape index (κ3) is 3.64. The normalized spacial score (nSPS) is 14.9. The Kier molecular flexibility index (Phi) is 4.87. The van der Waals surface area contributed by atoms with E-state index in [2.05, 4.69) is 30.1 Å². The van der Waals surface area contributed by atoms with Crippen LogP contribution in [0.5, 0.6) is 0 Å². The lowest BCUT2D eigenvalue weighted by atomic mass is 10.2. The molecule has 9 heteroatoms. The van der Waals surface area contributed by atoms with Gasteiger partial charge in [-0.1, -0.05) is 0 Å². The van der Waals surface area contributed by atoms with Crippen LogP contribution >= 0.6 is 0 Å². The summed E-state index contributed by atoms with van der Waals surface area (Å²) >= 11 is 0. The largest absolute Gasteiger partial charge is 0.462 e. The monoisotopic (exact) mass is 418 g/mol. The van der Waals surface area contributed by atoms with Crippen LogP contribution in [0.4, 0.5) is 5.69 Å². The summed E-state index contributed by atoms with van der Waals surface area (Å²) in [4.78, 5) is 40.2. The third-order valence-electron chi connectivity index (χ3n) is 5.67. The highest BCUT2D eigenvalue weighted by Gasteiger charge is 2.19. The van der Waals surface area contributed by atoms with Gasteiger partial charge in [-0.2, -0.15) is 0 Å². The zero-order valence-corrected chi connectivity index (χ0v) is 17.1. The second-order valence-electron chi connectivity index (χ2n) is 7.60. The van der Waals surface area contributed by atoms with E-state index in [1.807, 2.05) is 18.3 Å². The molecule has 2 N–H and O–H groups in total. The van der Waals surface area contributed by atoms with Gasteiger partial charge in [-0.15, -0.1) is 0 Å². The highest BCUT2D eigenvalue weighted by molar-refractivity contribution is 5.99. The van der Waals surface area contributed by atoms with Crippen molar-refractivity contribution in [3.63, 3.8) is 0 Å². The molecule has 5 heterocycles. The first kappa shape index (κ1) is 19.3. The summed E-state index contributed by atoms with van der Waals surface area (Å²) in [5, 5.41) is 3.09. The molecule has 1 aliphatic rings. The first-order chi connectivity index (χ1) is 15.1. The van der Waals surface area contributed by atoms with Gasteiger partial charge in [0.25, 0.3) is 11.5 Å². The van der Waals surface area contributed by atoms with Crippen molar-refractivity contribution in [1.29, 1.82) is 0 Å². The number of hydrogen-bond donors (Lipinski definition) is 2.